The summed E-state index contributed by atoms with van der Waals surface area (Å²) in [4.78, 5) is 11.9. The lowest BCUT2D eigenvalue weighted by Gasteiger charge is -2.23. The van der Waals surface area contributed by atoms with Crippen molar-refractivity contribution in [3.8, 4) is 0 Å². The van der Waals surface area contributed by atoms with Crippen molar-refractivity contribution in [1.82, 2.24) is 4.90 Å². The van der Waals surface area contributed by atoms with Crippen molar-refractivity contribution in [2.45, 2.75) is 18.6 Å². The Hall–Kier alpha value is -0.770. The fourth-order valence-electron chi connectivity index (χ4n) is 1.63. The molecular formula is C6H9NO3. The molecule has 0 unspecified atom stereocenters. The molecule has 2 atom stereocenters. The van der Waals surface area contributed by atoms with Crippen LogP contribution in [0.2, 0.25) is 0 Å². The van der Waals surface area contributed by atoms with E-state index in [1.165, 1.54) is 4.90 Å². The first-order valence-corrected chi connectivity index (χ1v) is 3.38. The third kappa shape index (κ3) is 0.686. The Morgan fingerprint density at radius 1 is 1.70 bits per heavy atom. The van der Waals surface area contributed by atoms with E-state index in [1.807, 2.05) is 0 Å². The van der Waals surface area contributed by atoms with Gasteiger partial charge in [0.25, 0.3) is 0 Å². The predicted molar refractivity (Wildman–Crippen MR) is 32.9 cm³/mol. The number of amides is 1. The van der Waals surface area contributed by atoms with Gasteiger partial charge in [0, 0.05) is 0 Å². The molecule has 56 valence electrons. The molecule has 2 rings (SSSR count). The van der Waals surface area contributed by atoms with Gasteiger partial charge in [-0.1, -0.05) is 0 Å². The molecule has 2 aliphatic heterocycles. The molecular weight excluding hydrogens is 134 g/mol. The maximum atomic E-state index is 10.5. The summed E-state index contributed by atoms with van der Waals surface area (Å²) in [6.07, 6.45) is 0.267. The summed E-state index contributed by atoms with van der Waals surface area (Å²) < 4.78 is 5.23. The van der Waals surface area contributed by atoms with E-state index in [2.05, 4.69) is 0 Å². The van der Waals surface area contributed by atoms with E-state index in [0.717, 1.165) is 6.42 Å². The molecule has 1 N–H and O–H groups in total. The van der Waals surface area contributed by atoms with E-state index in [9.17, 15) is 4.79 Å². The summed E-state index contributed by atoms with van der Waals surface area (Å²) in [5.74, 6) is 0. The van der Waals surface area contributed by atoms with Gasteiger partial charge in [-0.3, -0.25) is 0 Å². The minimum atomic E-state index is -0.809. The minimum Gasteiger partial charge on any atom is -0.465 e. The van der Waals surface area contributed by atoms with Crippen molar-refractivity contribution in [3.63, 3.8) is 0 Å². The third-order valence-corrected chi connectivity index (χ3v) is 2.15. The fourth-order valence-corrected chi connectivity index (χ4v) is 1.63. The highest BCUT2D eigenvalue weighted by Crippen LogP contribution is 2.27. The van der Waals surface area contributed by atoms with Gasteiger partial charge < -0.3 is 14.7 Å². The number of hydrogen-bond donors (Lipinski definition) is 1. The van der Waals surface area contributed by atoms with Gasteiger partial charge in [0.2, 0.25) is 0 Å². The molecule has 2 saturated heterocycles. The molecule has 2 heterocycles. The Labute approximate surface area is 58.4 Å². The monoisotopic (exact) mass is 143 g/mol. The second-order valence-corrected chi connectivity index (χ2v) is 2.78. The molecule has 0 spiro atoms. The molecule has 2 fully saturated rings. The zero-order valence-corrected chi connectivity index (χ0v) is 5.49. The highest BCUT2D eigenvalue weighted by atomic mass is 16.5. The maximum Gasteiger partial charge on any atom is 0.407 e. The van der Waals surface area contributed by atoms with Crippen LogP contribution in [0.15, 0.2) is 0 Å². The van der Waals surface area contributed by atoms with Crippen LogP contribution in [0.3, 0.4) is 0 Å². The highest BCUT2D eigenvalue weighted by molar-refractivity contribution is 5.66. The van der Waals surface area contributed by atoms with Gasteiger partial charge in [0.05, 0.1) is 25.3 Å². The third-order valence-electron chi connectivity index (χ3n) is 2.15. The largest absolute Gasteiger partial charge is 0.465 e. The van der Waals surface area contributed by atoms with Crippen molar-refractivity contribution >= 4 is 6.09 Å². The van der Waals surface area contributed by atoms with Gasteiger partial charge >= 0.3 is 6.09 Å². The SMILES string of the molecule is O=C(O)N1C[C@@H]2C[C@H]1CO2. The zero-order valence-electron chi connectivity index (χ0n) is 5.49. The van der Waals surface area contributed by atoms with Gasteiger partial charge in [-0.05, 0) is 6.42 Å². The molecule has 1 amide bonds. The standard InChI is InChI=1S/C6H9NO3/c8-6(9)7-2-5-1-4(7)3-10-5/h4-5H,1-3H2,(H,8,9)/t4-,5-/m0/s1. The first-order chi connectivity index (χ1) is 4.77. The Morgan fingerprint density at radius 2 is 2.50 bits per heavy atom. The van der Waals surface area contributed by atoms with Crippen molar-refractivity contribution in [2.75, 3.05) is 13.2 Å². The van der Waals surface area contributed by atoms with Crippen LogP contribution in [0, 0.1) is 0 Å². The van der Waals surface area contributed by atoms with Crippen LogP contribution in [0.4, 0.5) is 4.79 Å². The van der Waals surface area contributed by atoms with Crippen molar-refractivity contribution in [2.24, 2.45) is 0 Å². The van der Waals surface area contributed by atoms with Gasteiger partial charge in [0.1, 0.15) is 0 Å². The number of carbonyl (C=O) groups is 1. The van der Waals surface area contributed by atoms with Crippen LogP contribution in [0.5, 0.6) is 0 Å². The summed E-state index contributed by atoms with van der Waals surface area (Å²) in [6, 6.07) is 0.141. The van der Waals surface area contributed by atoms with Gasteiger partial charge in [-0.2, -0.15) is 0 Å². The number of rotatable bonds is 0. The molecule has 0 saturated carbocycles. The molecule has 2 aliphatic rings. The van der Waals surface area contributed by atoms with Gasteiger partial charge in [0.15, 0.2) is 0 Å². The molecule has 0 aromatic heterocycles. The maximum absolute atomic E-state index is 10.5. The van der Waals surface area contributed by atoms with E-state index < -0.39 is 6.09 Å². The van der Waals surface area contributed by atoms with E-state index in [1.54, 1.807) is 0 Å². The predicted octanol–water partition coefficient (Wildman–Crippen LogP) is 0.138. The Bertz CT molecular complexity index is 170. The van der Waals surface area contributed by atoms with Crippen LogP contribution in [-0.2, 0) is 4.74 Å². The quantitative estimate of drug-likeness (QED) is 0.524. The number of ether oxygens (including phenoxy) is 1. The van der Waals surface area contributed by atoms with Crippen LogP contribution < -0.4 is 0 Å². The molecule has 4 nitrogen and oxygen atoms in total. The van der Waals surface area contributed by atoms with E-state index in [4.69, 9.17) is 9.84 Å². The summed E-state index contributed by atoms with van der Waals surface area (Å²) in [5.41, 5.74) is 0. The average molecular weight is 143 g/mol. The number of morpholine rings is 1. The molecule has 4 heteroatoms. The second-order valence-electron chi connectivity index (χ2n) is 2.78. The molecule has 0 radical (unpaired) electrons. The average Bonchev–Trinajstić information content (AvgIpc) is 2.44. The van der Waals surface area contributed by atoms with Crippen molar-refractivity contribution in [1.29, 1.82) is 0 Å². The minimum absolute atomic E-state index is 0.141. The lowest BCUT2D eigenvalue weighted by molar-refractivity contribution is 0.0327. The van der Waals surface area contributed by atoms with Crippen LogP contribution in [0.25, 0.3) is 0 Å². The number of fused-ring (bicyclic) bond motifs is 2. The number of hydrogen-bond acceptors (Lipinski definition) is 2. The van der Waals surface area contributed by atoms with Gasteiger partial charge in [-0.25, -0.2) is 4.79 Å². The smallest absolute Gasteiger partial charge is 0.407 e. The Kier molecular flexibility index (Phi) is 1.11. The summed E-state index contributed by atoms with van der Waals surface area (Å²) in [7, 11) is 0. The summed E-state index contributed by atoms with van der Waals surface area (Å²) in [6.45, 7) is 1.16. The van der Waals surface area contributed by atoms with E-state index in [-0.39, 0.29) is 12.1 Å². The van der Waals surface area contributed by atoms with Crippen LogP contribution in [0.1, 0.15) is 6.42 Å². The summed E-state index contributed by atoms with van der Waals surface area (Å²) >= 11 is 0. The number of likely N-dealkylation sites (tertiary alicyclic amines) is 1. The fraction of sp³-hybridized carbons (Fsp3) is 0.833. The first-order valence-electron chi connectivity index (χ1n) is 3.38. The number of carboxylic acid groups (broad SMARTS) is 1. The van der Waals surface area contributed by atoms with E-state index in [0.29, 0.717) is 13.2 Å². The Morgan fingerprint density at radius 3 is 2.80 bits per heavy atom. The van der Waals surface area contributed by atoms with Crippen molar-refractivity contribution in [3.05, 3.63) is 0 Å². The normalized spacial score (nSPS) is 37.0. The Balaban J connectivity index is 2.08. The van der Waals surface area contributed by atoms with Crippen molar-refractivity contribution < 1.29 is 14.6 Å². The lowest BCUT2D eigenvalue weighted by atomic mass is 10.2. The highest BCUT2D eigenvalue weighted by Gasteiger charge is 2.41. The van der Waals surface area contributed by atoms with Crippen LogP contribution in [-0.4, -0.2) is 41.4 Å². The molecule has 0 aromatic rings. The lowest BCUT2D eigenvalue weighted by Crippen LogP contribution is -2.40. The molecule has 10 heavy (non-hydrogen) atoms. The number of nitrogens with zero attached hydrogens (tertiary/aromatic N) is 1. The van der Waals surface area contributed by atoms with Gasteiger partial charge in [-0.15, -0.1) is 0 Å². The zero-order chi connectivity index (χ0) is 7.14. The summed E-state index contributed by atoms with van der Waals surface area (Å²) in [5, 5.41) is 8.61. The molecule has 2 bridgehead atoms. The van der Waals surface area contributed by atoms with E-state index >= 15 is 0 Å². The second kappa shape index (κ2) is 1.85. The molecule has 0 aliphatic carbocycles. The topological polar surface area (TPSA) is 49.8 Å². The van der Waals surface area contributed by atoms with Crippen LogP contribution >= 0.6 is 0 Å². The first kappa shape index (κ1) is 5.97. The molecule has 0 aromatic carbocycles.